The lowest BCUT2D eigenvalue weighted by molar-refractivity contribution is 0.0378. The zero-order chi connectivity index (χ0) is 15.1. The van der Waals surface area contributed by atoms with Gasteiger partial charge in [-0.05, 0) is 26.8 Å². The standard InChI is InChI=1S/C14H25N5O2/c1-3-21-14-12(15)13(17-11(2)18-14)16-5-4-6-19-7-9-20-10-8-19/h3-10,15H2,1-2H3,(H,16,17,18). The second kappa shape index (κ2) is 7.99. The van der Waals surface area contributed by atoms with E-state index in [-0.39, 0.29) is 0 Å². The molecule has 0 radical (unpaired) electrons. The zero-order valence-electron chi connectivity index (χ0n) is 12.9. The second-order valence-electron chi connectivity index (χ2n) is 5.01. The van der Waals surface area contributed by atoms with Gasteiger partial charge < -0.3 is 20.5 Å². The Balaban J connectivity index is 1.82. The monoisotopic (exact) mass is 295 g/mol. The lowest BCUT2D eigenvalue weighted by Gasteiger charge is -2.26. The van der Waals surface area contributed by atoms with Crippen LogP contribution in [0.5, 0.6) is 5.88 Å². The molecule has 3 N–H and O–H groups in total. The van der Waals surface area contributed by atoms with Gasteiger partial charge in [0.25, 0.3) is 0 Å². The molecule has 1 fully saturated rings. The van der Waals surface area contributed by atoms with Crippen LogP contribution in [0, 0.1) is 6.92 Å². The average Bonchev–Trinajstić information content (AvgIpc) is 2.49. The number of hydrogen-bond acceptors (Lipinski definition) is 7. The molecule has 0 spiro atoms. The summed E-state index contributed by atoms with van der Waals surface area (Å²) < 4.78 is 10.8. The first-order valence-corrected chi connectivity index (χ1v) is 7.51. The largest absolute Gasteiger partial charge is 0.476 e. The van der Waals surface area contributed by atoms with Crippen LogP contribution in [-0.4, -0.2) is 60.9 Å². The fraction of sp³-hybridized carbons (Fsp3) is 0.714. The van der Waals surface area contributed by atoms with Crippen molar-refractivity contribution in [2.75, 3.05) is 57.1 Å². The van der Waals surface area contributed by atoms with Crippen molar-refractivity contribution in [3.63, 3.8) is 0 Å². The Bertz CT molecular complexity index is 449. The van der Waals surface area contributed by atoms with Crippen molar-refractivity contribution in [1.82, 2.24) is 14.9 Å². The van der Waals surface area contributed by atoms with Gasteiger partial charge in [-0.25, -0.2) is 4.98 Å². The van der Waals surface area contributed by atoms with E-state index in [2.05, 4.69) is 20.2 Å². The summed E-state index contributed by atoms with van der Waals surface area (Å²) in [6, 6.07) is 0. The van der Waals surface area contributed by atoms with E-state index >= 15 is 0 Å². The summed E-state index contributed by atoms with van der Waals surface area (Å²) in [6.07, 6.45) is 1.03. The summed E-state index contributed by atoms with van der Waals surface area (Å²) in [4.78, 5) is 11.0. The van der Waals surface area contributed by atoms with Crippen LogP contribution in [0.3, 0.4) is 0 Å². The van der Waals surface area contributed by atoms with Gasteiger partial charge in [-0.3, -0.25) is 4.90 Å². The van der Waals surface area contributed by atoms with Crippen LogP contribution < -0.4 is 15.8 Å². The maximum atomic E-state index is 6.02. The number of morpholine rings is 1. The summed E-state index contributed by atoms with van der Waals surface area (Å²) in [7, 11) is 0. The summed E-state index contributed by atoms with van der Waals surface area (Å²) in [5, 5.41) is 3.28. The first-order chi connectivity index (χ1) is 10.2. The Kier molecular flexibility index (Phi) is 6.01. The van der Waals surface area contributed by atoms with Gasteiger partial charge in [0.2, 0.25) is 5.88 Å². The highest BCUT2D eigenvalue weighted by molar-refractivity contribution is 5.66. The Morgan fingerprint density at radius 1 is 1.33 bits per heavy atom. The number of rotatable bonds is 7. The fourth-order valence-corrected chi connectivity index (χ4v) is 2.27. The molecule has 1 saturated heterocycles. The Morgan fingerprint density at radius 3 is 2.81 bits per heavy atom. The van der Waals surface area contributed by atoms with Crippen molar-refractivity contribution in [1.29, 1.82) is 0 Å². The Morgan fingerprint density at radius 2 is 2.10 bits per heavy atom. The molecule has 1 aromatic rings. The zero-order valence-corrected chi connectivity index (χ0v) is 12.9. The van der Waals surface area contributed by atoms with E-state index in [1.165, 1.54) is 0 Å². The summed E-state index contributed by atoms with van der Waals surface area (Å²) in [5.41, 5.74) is 6.50. The number of ether oxygens (including phenoxy) is 2. The first-order valence-electron chi connectivity index (χ1n) is 7.51. The third kappa shape index (κ3) is 4.71. The smallest absolute Gasteiger partial charge is 0.242 e. The third-order valence-electron chi connectivity index (χ3n) is 3.35. The molecule has 1 aliphatic heterocycles. The highest BCUT2D eigenvalue weighted by atomic mass is 16.5. The van der Waals surface area contributed by atoms with E-state index < -0.39 is 0 Å². The van der Waals surface area contributed by atoms with E-state index in [1.807, 2.05) is 13.8 Å². The van der Waals surface area contributed by atoms with Crippen LogP contribution in [0.4, 0.5) is 11.5 Å². The predicted octanol–water partition coefficient (Wildman–Crippen LogP) is 0.900. The van der Waals surface area contributed by atoms with E-state index in [4.69, 9.17) is 15.2 Å². The van der Waals surface area contributed by atoms with Crippen molar-refractivity contribution in [3.8, 4) is 5.88 Å². The van der Waals surface area contributed by atoms with Gasteiger partial charge >= 0.3 is 0 Å². The molecule has 0 amide bonds. The molecular formula is C14H25N5O2. The van der Waals surface area contributed by atoms with Gasteiger partial charge in [0.15, 0.2) is 5.82 Å². The number of aryl methyl sites for hydroxylation is 1. The molecular weight excluding hydrogens is 270 g/mol. The number of nitrogen functional groups attached to an aromatic ring is 1. The number of hydrogen-bond donors (Lipinski definition) is 2. The van der Waals surface area contributed by atoms with Crippen molar-refractivity contribution in [3.05, 3.63) is 5.82 Å². The van der Waals surface area contributed by atoms with Crippen LogP contribution in [0.1, 0.15) is 19.2 Å². The van der Waals surface area contributed by atoms with Crippen LogP contribution in [0.15, 0.2) is 0 Å². The van der Waals surface area contributed by atoms with E-state index in [0.717, 1.165) is 45.8 Å². The minimum atomic E-state index is 0.459. The fourth-order valence-electron chi connectivity index (χ4n) is 2.27. The van der Waals surface area contributed by atoms with Crippen molar-refractivity contribution in [2.24, 2.45) is 0 Å². The molecule has 2 heterocycles. The van der Waals surface area contributed by atoms with Crippen molar-refractivity contribution < 1.29 is 9.47 Å². The Hall–Kier alpha value is -1.60. The van der Waals surface area contributed by atoms with Crippen LogP contribution in [0.2, 0.25) is 0 Å². The molecule has 7 heteroatoms. The summed E-state index contributed by atoms with van der Waals surface area (Å²) in [6.45, 7) is 9.87. The van der Waals surface area contributed by atoms with Gasteiger partial charge in [-0.15, -0.1) is 0 Å². The normalized spacial score (nSPS) is 15.9. The van der Waals surface area contributed by atoms with E-state index in [1.54, 1.807) is 0 Å². The highest BCUT2D eigenvalue weighted by Gasteiger charge is 2.12. The van der Waals surface area contributed by atoms with Crippen LogP contribution in [0.25, 0.3) is 0 Å². The molecule has 21 heavy (non-hydrogen) atoms. The third-order valence-corrected chi connectivity index (χ3v) is 3.35. The molecule has 0 aromatic carbocycles. The minimum Gasteiger partial charge on any atom is -0.476 e. The van der Waals surface area contributed by atoms with Gasteiger partial charge in [-0.2, -0.15) is 4.98 Å². The molecule has 7 nitrogen and oxygen atoms in total. The SMILES string of the molecule is CCOc1nc(C)nc(NCCCN2CCOCC2)c1N. The van der Waals surface area contributed by atoms with E-state index in [9.17, 15) is 0 Å². The molecule has 0 atom stereocenters. The molecule has 0 unspecified atom stereocenters. The molecule has 1 aromatic heterocycles. The Labute approximate surface area is 125 Å². The molecule has 0 saturated carbocycles. The summed E-state index contributed by atoms with van der Waals surface area (Å²) in [5.74, 6) is 1.77. The maximum Gasteiger partial charge on any atom is 0.242 e. The van der Waals surface area contributed by atoms with Gasteiger partial charge in [0, 0.05) is 19.6 Å². The lowest BCUT2D eigenvalue weighted by Crippen LogP contribution is -2.37. The number of nitrogens with zero attached hydrogens (tertiary/aromatic N) is 3. The maximum absolute atomic E-state index is 6.02. The molecule has 118 valence electrons. The van der Waals surface area contributed by atoms with Gasteiger partial charge in [0.1, 0.15) is 11.5 Å². The number of aromatic nitrogens is 2. The summed E-state index contributed by atoms with van der Waals surface area (Å²) >= 11 is 0. The number of nitrogens with two attached hydrogens (primary N) is 1. The number of nitrogens with one attached hydrogen (secondary N) is 1. The van der Waals surface area contributed by atoms with Gasteiger partial charge in [0.05, 0.1) is 19.8 Å². The number of anilines is 2. The highest BCUT2D eigenvalue weighted by Crippen LogP contribution is 2.25. The van der Waals surface area contributed by atoms with Crippen molar-refractivity contribution in [2.45, 2.75) is 20.3 Å². The minimum absolute atomic E-state index is 0.459. The lowest BCUT2D eigenvalue weighted by atomic mass is 10.3. The predicted molar refractivity (Wildman–Crippen MR) is 82.7 cm³/mol. The topological polar surface area (TPSA) is 85.5 Å². The van der Waals surface area contributed by atoms with Crippen LogP contribution in [-0.2, 0) is 4.74 Å². The second-order valence-corrected chi connectivity index (χ2v) is 5.01. The van der Waals surface area contributed by atoms with Gasteiger partial charge in [-0.1, -0.05) is 0 Å². The molecule has 2 rings (SSSR count). The molecule has 0 aliphatic carbocycles. The molecule has 0 bridgehead atoms. The van der Waals surface area contributed by atoms with Crippen molar-refractivity contribution >= 4 is 11.5 Å². The average molecular weight is 295 g/mol. The van der Waals surface area contributed by atoms with E-state index in [0.29, 0.717) is 29.8 Å². The van der Waals surface area contributed by atoms with Crippen LogP contribution >= 0.6 is 0 Å². The first kappa shape index (κ1) is 15.8. The molecule has 1 aliphatic rings. The quantitative estimate of drug-likeness (QED) is 0.723.